The monoisotopic (exact) mass is 646 g/mol. The van der Waals surface area contributed by atoms with Gasteiger partial charge in [0.1, 0.15) is 11.5 Å². The first-order chi connectivity index (χ1) is 22.7. The van der Waals surface area contributed by atoms with Crippen LogP contribution in [0.25, 0.3) is 55.8 Å². The molecule has 7 rings (SSSR count). The third-order valence-electron chi connectivity index (χ3n) is 7.52. The molecule has 7 aromatic rings. The predicted molar refractivity (Wildman–Crippen MR) is 178 cm³/mol. The molecule has 13 heteroatoms. The number of nitrogens with zero attached hydrogens (tertiary/aromatic N) is 4. The van der Waals surface area contributed by atoms with E-state index in [4.69, 9.17) is 4.98 Å². The summed E-state index contributed by atoms with van der Waals surface area (Å²) in [7, 11) is -3.45. The molecule has 0 aliphatic carbocycles. The molecule has 3 aromatic carbocycles. The number of amides is 1. The number of benzene rings is 3. The zero-order valence-electron chi connectivity index (χ0n) is 25.0. The average molecular weight is 647 g/mol. The van der Waals surface area contributed by atoms with Gasteiger partial charge in [-0.1, -0.05) is 42.5 Å². The van der Waals surface area contributed by atoms with E-state index in [1.165, 1.54) is 12.1 Å². The van der Waals surface area contributed by atoms with Crippen LogP contribution in [0.5, 0.6) is 0 Å². The molecule has 4 aromatic heterocycles. The van der Waals surface area contributed by atoms with Crippen molar-refractivity contribution >= 4 is 43.7 Å². The molecule has 1 amide bonds. The number of anilines is 1. The van der Waals surface area contributed by atoms with Crippen molar-refractivity contribution in [3.8, 4) is 33.8 Å². The highest BCUT2D eigenvalue weighted by Gasteiger charge is 2.17. The van der Waals surface area contributed by atoms with Gasteiger partial charge in [0.05, 0.1) is 41.0 Å². The van der Waals surface area contributed by atoms with Gasteiger partial charge in [-0.3, -0.25) is 14.9 Å². The maximum absolute atomic E-state index is 14.6. The first kappa shape index (κ1) is 29.9. The molecular formula is C34H27FN8O3S. The van der Waals surface area contributed by atoms with Gasteiger partial charge in [-0.05, 0) is 53.1 Å². The molecule has 11 nitrogen and oxygen atoms in total. The van der Waals surface area contributed by atoms with Crippen LogP contribution in [-0.2, 0) is 27.8 Å². The number of sulfonamides is 1. The quantitative estimate of drug-likeness (QED) is 0.159. The number of aromatic amines is 2. The standard InChI is InChI=1S/C34H27FN8O3S/c1-47(45,46)38-16-21-10-22(13-25(35)11-21)27-8-5-9-29-31(27)41-34(40-29)32-28-15-24(18-37-33(28)43-42-32)23-14-26(19-36-17-23)39-30(44)12-20-6-3-2-4-7-20/h2-11,13-15,17-19,38H,12,16H2,1H3,(H,39,44)(H,40,41)(H,37,42,43). The number of rotatable bonds is 9. The molecule has 0 spiro atoms. The first-order valence-electron chi connectivity index (χ1n) is 14.6. The highest BCUT2D eigenvalue weighted by Crippen LogP contribution is 2.33. The molecule has 0 saturated carbocycles. The maximum atomic E-state index is 14.6. The van der Waals surface area contributed by atoms with Crippen molar-refractivity contribution in [3.63, 3.8) is 0 Å². The Labute approximate surface area is 268 Å². The largest absolute Gasteiger partial charge is 0.337 e. The Morgan fingerprint density at radius 2 is 1.72 bits per heavy atom. The zero-order chi connectivity index (χ0) is 32.5. The second kappa shape index (κ2) is 12.2. The Balaban J connectivity index is 1.20. The van der Waals surface area contributed by atoms with E-state index in [1.807, 2.05) is 60.7 Å². The number of pyridine rings is 2. The smallest absolute Gasteiger partial charge is 0.228 e. The number of H-pyrrole nitrogens is 2. The van der Waals surface area contributed by atoms with E-state index in [9.17, 15) is 17.6 Å². The molecule has 0 aliphatic rings. The minimum atomic E-state index is -3.45. The van der Waals surface area contributed by atoms with E-state index in [-0.39, 0.29) is 18.9 Å². The number of halogens is 1. The van der Waals surface area contributed by atoms with Crippen molar-refractivity contribution in [2.45, 2.75) is 13.0 Å². The number of fused-ring (bicyclic) bond motifs is 2. The Bertz CT molecular complexity index is 2390. The molecule has 234 valence electrons. The van der Waals surface area contributed by atoms with Crippen LogP contribution in [0.2, 0.25) is 0 Å². The van der Waals surface area contributed by atoms with Crippen LogP contribution < -0.4 is 10.0 Å². The van der Waals surface area contributed by atoms with Crippen LogP contribution in [0.3, 0.4) is 0 Å². The number of para-hydroxylation sites is 1. The summed E-state index contributed by atoms with van der Waals surface area (Å²) in [5.74, 6) is -0.162. The Hall–Kier alpha value is -5.79. The van der Waals surface area contributed by atoms with Gasteiger partial charge in [-0.15, -0.1) is 0 Å². The van der Waals surface area contributed by atoms with E-state index in [1.54, 1.807) is 24.7 Å². The summed E-state index contributed by atoms with van der Waals surface area (Å²) in [4.78, 5) is 29.7. The summed E-state index contributed by atoms with van der Waals surface area (Å²) < 4.78 is 40.2. The van der Waals surface area contributed by atoms with Gasteiger partial charge in [0.25, 0.3) is 0 Å². The van der Waals surface area contributed by atoms with Crippen molar-refractivity contribution in [1.82, 2.24) is 34.9 Å². The van der Waals surface area contributed by atoms with Crippen LogP contribution in [-0.4, -0.2) is 50.7 Å². The van der Waals surface area contributed by atoms with Gasteiger partial charge in [-0.2, -0.15) is 5.10 Å². The van der Waals surface area contributed by atoms with E-state index in [0.29, 0.717) is 56.0 Å². The van der Waals surface area contributed by atoms with E-state index in [0.717, 1.165) is 22.9 Å². The molecule has 0 unspecified atom stereocenters. The Morgan fingerprint density at radius 1 is 0.894 bits per heavy atom. The zero-order valence-corrected chi connectivity index (χ0v) is 25.8. The molecular weight excluding hydrogens is 619 g/mol. The lowest BCUT2D eigenvalue weighted by Crippen LogP contribution is -2.21. The molecule has 4 heterocycles. The van der Waals surface area contributed by atoms with Crippen LogP contribution in [0, 0.1) is 5.82 Å². The number of carbonyl (C=O) groups is 1. The predicted octanol–water partition coefficient (Wildman–Crippen LogP) is 5.60. The fourth-order valence-corrected chi connectivity index (χ4v) is 5.82. The number of imidazole rings is 1. The van der Waals surface area contributed by atoms with E-state index < -0.39 is 15.8 Å². The summed E-state index contributed by atoms with van der Waals surface area (Å²) in [6.07, 6.45) is 6.29. The minimum absolute atomic E-state index is 0.0432. The van der Waals surface area contributed by atoms with Crippen molar-refractivity contribution in [3.05, 3.63) is 114 Å². The molecule has 0 saturated heterocycles. The minimum Gasteiger partial charge on any atom is -0.337 e. The van der Waals surface area contributed by atoms with Gasteiger partial charge in [0.15, 0.2) is 11.5 Å². The van der Waals surface area contributed by atoms with Crippen molar-refractivity contribution in [2.24, 2.45) is 0 Å². The highest BCUT2D eigenvalue weighted by molar-refractivity contribution is 7.88. The number of hydrogen-bond acceptors (Lipinski definition) is 7. The molecule has 0 bridgehead atoms. The number of hydrogen-bond donors (Lipinski definition) is 4. The molecule has 4 N–H and O–H groups in total. The topological polar surface area (TPSA) is 158 Å². The third kappa shape index (κ3) is 6.61. The van der Waals surface area contributed by atoms with Gasteiger partial charge < -0.3 is 10.3 Å². The second-order valence-corrected chi connectivity index (χ2v) is 12.9. The second-order valence-electron chi connectivity index (χ2n) is 11.1. The lowest BCUT2D eigenvalue weighted by molar-refractivity contribution is -0.115. The lowest BCUT2D eigenvalue weighted by Gasteiger charge is -2.08. The maximum Gasteiger partial charge on any atom is 0.228 e. The van der Waals surface area contributed by atoms with Crippen molar-refractivity contribution < 1.29 is 17.6 Å². The molecule has 0 atom stereocenters. The highest BCUT2D eigenvalue weighted by atomic mass is 32.2. The van der Waals surface area contributed by atoms with Crippen LogP contribution >= 0.6 is 0 Å². The van der Waals surface area contributed by atoms with Gasteiger partial charge in [0, 0.05) is 35.6 Å². The third-order valence-corrected chi connectivity index (χ3v) is 8.19. The van der Waals surface area contributed by atoms with Gasteiger partial charge in [0.2, 0.25) is 15.9 Å². The van der Waals surface area contributed by atoms with Crippen molar-refractivity contribution in [1.29, 1.82) is 0 Å². The number of nitrogens with one attached hydrogen (secondary N) is 4. The molecule has 0 fully saturated rings. The van der Waals surface area contributed by atoms with Crippen LogP contribution in [0.1, 0.15) is 11.1 Å². The number of carbonyl (C=O) groups excluding carboxylic acids is 1. The molecule has 47 heavy (non-hydrogen) atoms. The molecule has 0 radical (unpaired) electrons. The lowest BCUT2D eigenvalue weighted by atomic mass is 10.0. The van der Waals surface area contributed by atoms with Gasteiger partial charge >= 0.3 is 0 Å². The van der Waals surface area contributed by atoms with Gasteiger partial charge in [-0.25, -0.2) is 27.5 Å². The van der Waals surface area contributed by atoms with Crippen molar-refractivity contribution in [2.75, 3.05) is 11.6 Å². The SMILES string of the molecule is CS(=O)(=O)NCc1cc(F)cc(-c2cccc3[nH]c(-c4n[nH]c5ncc(-c6cncc(NC(=O)Cc7ccccc7)c6)cc45)nc23)c1. The fraction of sp³-hybridized carbons (Fsp3) is 0.0882. The van der Waals surface area contributed by atoms with E-state index in [2.05, 4.69) is 35.2 Å². The normalized spacial score (nSPS) is 11.7. The fourth-order valence-electron chi connectivity index (χ4n) is 5.39. The average Bonchev–Trinajstić information content (AvgIpc) is 3.68. The Morgan fingerprint density at radius 3 is 2.55 bits per heavy atom. The first-order valence-corrected chi connectivity index (χ1v) is 16.4. The van der Waals surface area contributed by atoms with Crippen LogP contribution in [0.15, 0.2) is 97.5 Å². The summed E-state index contributed by atoms with van der Waals surface area (Å²) in [5.41, 5.74) is 7.08. The summed E-state index contributed by atoms with van der Waals surface area (Å²) in [6.45, 7) is -0.0432. The summed E-state index contributed by atoms with van der Waals surface area (Å²) >= 11 is 0. The van der Waals surface area contributed by atoms with E-state index >= 15 is 0 Å². The van der Waals surface area contributed by atoms with Crippen LogP contribution in [0.4, 0.5) is 10.1 Å². The Kier molecular flexibility index (Phi) is 7.75. The summed E-state index contributed by atoms with van der Waals surface area (Å²) in [5, 5.41) is 11.1. The summed E-state index contributed by atoms with van der Waals surface area (Å²) in [6, 6.07) is 23.2. The number of aromatic nitrogens is 6. The molecule has 0 aliphatic heterocycles.